The number of rotatable bonds is 2. The summed E-state index contributed by atoms with van der Waals surface area (Å²) in [6.07, 6.45) is 10.3. The van der Waals surface area contributed by atoms with Crippen molar-refractivity contribution in [3.8, 4) is 0 Å². The van der Waals surface area contributed by atoms with Crippen LogP contribution in [0.1, 0.15) is 53.4 Å². The zero-order valence-electron chi connectivity index (χ0n) is 17.3. The van der Waals surface area contributed by atoms with Gasteiger partial charge in [0.25, 0.3) is 0 Å². The van der Waals surface area contributed by atoms with Gasteiger partial charge in [0, 0.05) is 43.4 Å². The second-order valence-electron chi connectivity index (χ2n) is 8.72. The molecule has 148 valence electrons. The van der Waals surface area contributed by atoms with E-state index < -0.39 is 5.60 Å². The topological polar surface area (TPSA) is 48.6 Å². The lowest BCUT2D eigenvalue weighted by Gasteiger charge is -2.39. The molecule has 3 rings (SSSR count). The van der Waals surface area contributed by atoms with Crippen molar-refractivity contribution in [3.05, 3.63) is 34.6 Å². The number of likely N-dealkylation sites (tertiary alicyclic amines) is 1. The van der Waals surface area contributed by atoms with E-state index >= 15 is 0 Å². The Morgan fingerprint density at radius 1 is 1.22 bits per heavy atom. The summed E-state index contributed by atoms with van der Waals surface area (Å²) in [4.78, 5) is 19.9. The van der Waals surface area contributed by atoms with Gasteiger partial charge in [0.1, 0.15) is 5.60 Å². The third-order valence-electron chi connectivity index (χ3n) is 5.55. The van der Waals surface area contributed by atoms with Crippen LogP contribution in [0.15, 0.2) is 24.0 Å². The minimum Gasteiger partial charge on any atom is -0.444 e. The molecule has 0 spiro atoms. The number of carbonyl (C=O) groups excluding carboxylic acids is 1. The van der Waals surface area contributed by atoms with Gasteiger partial charge >= 0.3 is 6.09 Å². The van der Waals surface area contributed by atoms with E-state index in [0.717, 1.165) is 38.8 Å². The molecule has 1 saturated heterocycles. The van der Waals surface area contributed by atoms with E-state index in [1.165, 1.54) is 21.8 Å². The smallest absolute Gasteiger partial charge is 0.410 e. The van der Waals surface area contributed by atoms with E-state index in [2.05, 4.69) is 42.1 Å². The number of nitrogens with zero attached hydrogens (tertiary/aromatic N) is 2. The molecule has 5 nitrogen and oxygen atoms in total. The van der Waals surface area contributed by atoms with E-state index in [1.807, 2.05) is 31.9 Å². The molecule has 0 radical (unpaired) electrons. The molecule has 1 aliphatic carbocycles. The molecule has 0 aromatic carbocycles. The first-order valence-electron chi connectivity index (χ1n) is 9.99. The van der Waals surface area contributed by atoms with Crippen molar-refractivity contribution >= 4 is 17.7 Å². The number of hydrogen-bond donors (Lipinski definition) is 1. The summed E-state index contributed by atoms with van der Waals surface area (Å²) in [5.74, 6) is 0. The molecule has 0 saturated carbocycles. The fraction of sp³-hybridized carbons (Fsp3) is 0.591. The van der Waals surface area contributed by atoms with Crippen molar-refractivity contribution in [1.29, 1.82) is 0 Å². The number of ether oxygens (including phenoxy) is 1. The molecule has 1 amide bonds. The summed E-state index contributed by atoms with van der Waals surface area (Å²) in [5.41, 5.74) is 2.36. The van der Waals surface area contributed by atoms with Crippen LogP contribution in [0, 0.1) is 0 Å². The zero-order chi connectivity index (χ0) is 19.6. The number of carbonyl (C=O) groups is 1. The van der Waals surface area contributed by atoms with Gasteiger partial charge in [0.05, 0.1) is 0 Å². The molecule has 2 heterocycles. The van der Waals surface area contributed by atoms with Crippen molar-refractivity contribution < 1.29 is 9.53 Å². The summed E-state index contributed by atoms with van der Waals surface area (Å²) < 4.78 is 5.51. The second kappa shape index (κ2) is 7.83. The van der Waals surface area contributed by atoms with E-state index in [9.17, 15) is 4.79 Å². The molecule has 27 heavy (non-hydrogen) atoms. The summed E-state index contributed by atoms with van der Waals surface area (Å²) in [7, 11) is 2.19. The molecule has 1 N–H and O–H groups in total. The second-order valence-corrected chi connectivity index (χ2v) is 8.72. The molecule has 5 heteroatoms. The lowest BCUT2D eigenvalue weighted by Crippen LogP contribution is -2.46. The van der Waals surface area contributed by atoms with Gasteiger partial charge in [-0.25, -0.2) is 4.79 Å². The van der Waals surface area contributed by atoms with Gasteiger partial charge in [0.2, 0.25) is 0 Å². The number of allylic oxidation sites excluding steroid dienone is 2. The number of hydrogen-bond acceptors (Lipinski definition) is 3. The average molecular weight is 372 g/mol. The van der Waals surface area contributed by atoms with Crippen LogP contribution in [0.3, 0.4) is 0 Å². The molecule has 2 aliphatic rings. The zero-order valence-corrected chi connectivity index (χ0v) is 17.3. The lowest BCUT2D eigenvalue weighted by atomic mass is 10.00. The first kappa shape index (κ1) is 19.6. The van der Waals surface area contributed by atoms with E-state index in [-0.39, 0.29) is 6.09 Å². The molecule has 0 atom stereocenters. The molecular formula is C22H33N3O2. The van der Waals surface area contributed by atoms with Gasteiger partial charge in [0.15, 0.2) is 0 Å². The van der Waals surface area contributed by atoms with Crippen molar-refractivity contribution in [3.63, 3.8) is 0 Å². The Morgan fingerprint density at radius 3 is 2.59 bits per heavy atom. The Labute approximate surface area is 162 Å². The van der Waals surface area contributed by atoms with Crippen LogP contribution in [-0.4, -0.2) is 52.7 Å². The van der Waals surface area contributed by atoms with Gasteiger partial charge in [-0.05, 0) is 76.8 Å². The highest BCUT2D eigenvalue weighted by Gasteiger charge is 2.29. The maximum Gasteiger partial charge on any atom is 0.410 e. The molecule has 0 unspecified atom stereocenters. The average Bonchev–Trinajstić information content (AvgIpc) is 3.06. The lowest BCUT2D eigenvalue weighted by molar-refractivity contribution is 0.0169. The Bertz CT molecular complexity index is 820. The predicted octanol–water partition coefficient (Wildman–Crippen LogP) is 2.97. The maximum absolute atomic E-state index is 12.3. The number of amides is 1. The highest BCUT2D eigenvalue weighted by atomic mass is 16.6. The van der Waals surface area contributed by atoms with Crippen molar-refractivity contribution in [2.75, 3.05) is 20.1 Å². The van der Waals surface area contributed by atoms with Gasteiger partial charge in [-0.1, -0.05) is 5.57 Å². The molecular weight excluding hydrogens is 338 g/mol. The molecule has 1 fully saturated rings. The van der Waals surface area contributed by atoms with Crippen molar-refractivity contribution in [1.82, 2.24) is 14.8 Å². The third kappa shape index (κ3) is 4.76. The molecule has 1 aliphatic heterocycles. The van der Waals surface area contributed by atoms with Gasteiger partial charge in [-0.3, -0.25) is 0 Å². The fourth-order valence-electron chi connectivity index (χ4n) is 3.90. The van der Waals surface area contributed by atoms with Crippen LogP contribution in [0.4, 0.5) is 4.79 Å². The highest BCUT2D eigenvalue weighted by Crippen LogP contribution is 2.24. The minimum absolute atomic E-state index is 0.188. The monoisotopic (exact) mass is 371 g/mol. The van der Waals surface area contributed by atoms with Crippen LogP contribution in [0.5, 0.6) is 0 Å². The van der Waals surface area contributed by atoms with Gasteiger partial charge in [-0.15, -0.1) is 0 Å². The number of nitrogens with one attached hydrogen (secondary N) is 1. The van der Waals surface area contributed by atoms with Gasteiger partial charge < -0.3 is 19.5 Å². The van der Waals surface area contributed by atoms with Crippen LogP contribution in [-0.2, 0) is 4.74 Å². The quantitative estimate of drug-likeness (QED) is 0.869. The van der Waals surface area contributed by atoms with E-state index in [4.69, 9.17) is 4.74 Å². The van der Waals surface area contributed by atoms with Crippen molar-refractivity contribution in [2.24, 2.45) is 0 Å². The molecule has 1 aromatic rings. The number of aromatic amines is 1. The summed E-state index contributed by atoms with van der Waals surface area (Å²) in [6, 6.07) is 2.63. The van der Waals surface area contributed by atoms with Crippen LogP contribution < -0.4 is 10.6 Å². The Kier molecular flexibility index (Phi) is 5.68. The Morgan fingerprint density at radius 2 is 1.93 bits per heavy atom. The van der Waals surface area contributed by atoms with Crippen LogP contribution >= 0.6 is 0 Å². The third-order valence-corrected chi connectivity index (χ3v) is 5.55. The summed E-state index contributed by atoms with van der Waals surface area (Å²) in [5, 5.41) is 2.52. The number of H-pyrrole nitrogens is 1. The summed E-state index contributed by atoms with van der Waals surface area (Å²) in [6.45, 7) is 9.48. The SMILES string of the molecule is CC1=c2cc[nH]c2=CC=C(N(C)C2CCN(C(=O)OC(C)(C)C)CC2)CC1. The largest absolute Gasteiger partial charge is 0.444 e. The maximum atomic E-state index is 12.3. The molecule has 1 aromatic heterocycles. The van der Waals surface area contributed by atoms with Crippen LogP contribution in [0.25, 0.3) is 11.6 Å². The number of aromatic nitrogens is 1. The van der Waals surface area contributed by atoms with E-state index in [1.54, 1.807) is 0 Å². The van der Waals surface area contributed by atoms with Crippen LogP contribution in [0.2, 0.25) is 0 Å². The first-order valence-corrected chi connectivity index (χ1v) is 9.99. The standard InChI is InChI=1S/C22H33N3O2/c1-16-6-7-17(8-9-20-19(16)10-13-23-20)24(5)18-11-14-25(15-12-18)21(26)27-22(2,3)4/h8-10,13,18,23H,6-7,11-12,14-15H2,1-5H3. The predicted molar refractivity (Wildman–Crippen MR) is 109 cm³/mol. The summed E-state index contributed by atoms with van der Waals surface area (Å²) >= 11 is 0. The Balaban J connectivity index is 1.64. The minimum atomic E-state index is -0.435. The van der Waals surface area contributed by atoms with Gasteiger partial charge in [-0.2, -0.15) is 0 Å². The van der Waals surface area contributed by atoms with E-state index in [0.29, 0.717) is 6.04 Å². The number of fused-ring (bicyclic) bond motifs is 1. The Hall–Kier alpha value is -2.17. The van der Waals surface area contributed by atoms with Crippen molar-refractivity contribution in [2.45, 2.75) is 65.0 Å². The normalized spacial score (nSPS) is 18.8. The first-order chi connectivity index (χ1) is 12.7. The molecule has 0 bridgehead atoms. The fourth-order valence-corrected chi connectivity index (χ4v) is 3.90. The highest BCUT2D eigenvalue weighted by molar-refractivity contribution is 5.68. The number of piperidine rings is 1.